The Kier molecular flexibility index (Phi) is 7.34. The van der Waals surface area contributed by atoms with Gasteiger partial charge in [-0.1, -0.05) is 6.07 Å². The highest BCUT2D eigenvalue weighted by Crippen LogP contribution is 2.46. The molecule has 1 N–H and O–H groups in total. The van der Waals surface area contributed by atoms with Gasteiger partial charge >= 0.3 is 11.9 Å². The van der Waals surface area contributed by atoms with E-state index in [0.29, 0.717) is 5.56 Å². The third kappa shape index (κ3) is 4.66. The number of nitrogens with one attached hydrogen (secondary N) is 1. The average Bonchev–Trinajstić information content (AvgIpc) is 2.77. The lowest BCUT2D eigenvalue weighted by Gasteiger charge is -2.20. The van der Waals surface area contributed by atoms with Gasteiger partial charge < -0.3 is 23.7 Å². The third-order valence-corrected chi connectivity index (χ3v) is 5.86. The largest absolute Gasteiger partial charge is 0.493 e. The van der Waals surface area contributed by atoms with Crippen LogP contribution in [0.25, 0.3) is 0 Å². The summed E-state index contributed by atoms with van der Waals surface area (Å²) in [6.45, 7) is 1.56. The minimum Gasteiger partial charge on any atom is -0.493 e. The molecule has 2 aromatic carbocycles. The van der Waals surface area contributed by atoms with Crippen LogP contribution < -0.4 is 18.9 Å². The van der Waals surface area contributed by atoms with E-state index in [2.05, 4.69) is 9.46 Å². The lowest BCUT2D eigenvalue weighted by Crippen LogP contribution is -2.19. The van der Waals surface area contributed by atoms with Crippen molar-refractivity contribution in [3.8, 4) is 17.2 Å². The summed E-state index contributed by atoms with van der Waals surface area (Å²) in [7, 11) is 2.00. The van der Waals surface area contributed by atoms with Crippen LogP contribution in [-0.2, 0) is 19.5 Å². The van der Waals surface area contributed by atoms with E-state index in [1.54, 1.807) is 6.92 Å². The second kappa shape index (κ2) is 9.56. The van der Waals surface area contributed by atoms with Crippen LogP contribution in [0.4, 0.5) is 5.69 Å². The Morgan fingerprint density at radius 3 is 1.97 bits per heavy atom. The molecule has 2 rings (SSSR count). The van der Waals surface area contributed by atoms with Gasteiger partial charge in [-0.15, -0.1) is 0 Å². The lowest BCUT2D eigenvalue weighted by atomic mass is 10.1. The fourth-order valence-corrected chi connectivity index (χ4v) is 4.21. The highest BCUT2D eigenvalue weighted by atomic mass is 32.2. The van der Waals surface area contributed by atoms with E-state index in [1.165, 1.54) is 52.7 Å². The molecule has 0 aliphatic heterocycles. The first-order chi connectivity index (χ1) is 14.6. The summed E-state index contributed by atoms with van der Waals surface area (Å²) in [6.07, 6.45) is 0. The molecule has 0 atom stereocenters. The maximum absolute atomic E-state index is 13.2. The number of carbonyl (C=O) groups is 2. The van der Waals surface area contributed by atoms with Crippen LogP contribution in [0.1, 0.15) is 26.3 Å². The molecule has 0 saturated carbocycles. The van der Waals surface area contributed by atoms with Gasteiger partial charge in [0.2, 0.25) is 5.75 Å². The number of carbonyl (C=O) groups excluding carboxylic acids is 2. The normalized spacial score (nSPS) is 10.8. The summed E-state index contributed by atoms with van der Waals surface area (Å²) in [4.78, 5) is 24.0. The van der Waals surface area contributed by atoms with Gasteiger partial charge in [0.25, 0.3) is 10.0 Å². The lowest BCUT2D eigenvalue weighted by molar-refractivity contribution is 0.0592. The van der Waals surface area contributed by atoms with Gasteiger partial charge in [0.1, 0.15) is 5.69 Å². The van der Waals surface area contributed by atoms with Crippen LogP contribution in [0.5, 0.6) is 17.2 Å². The zero-order valence-corrected chi connectivity index (χ0v) is 18.7. The minimum absolute atomic E-state index is 0.0425. The minimum atomic E-state index is -4.29. The molecule has 2 aromatic rings. The van der Waals surface area contributed by atoms with E-state index in [9.17, 15) is 18.0 Å². The number of benzene rings is 2. The smallest absolute Gasteiger partial charge is 0.340 e. The van der Waals surface area contributed by atoms with E-state index in [-0.39, 0.29) is 39.0 Å². The molecule has 0 unspecified atom stereocenters. The molecule has 0 fully saturated rings. The Balaban J connectivity index is 2.74. The molecule has 0 aromatic heterocycles. The quantitative estimate of drug-likeness (QED) is 0.599. The van der Waals surface area contributed by atoms with E-state index in [0.717, 1.165) is 7.11 Å². The summed E-state index contributed by atoms with van der Waals surface area (Å²) in [5.41, 5.74) is 0.0254. The molecular formula is C20H23NO9S. The van der Waals surface area contributed by atoms with Gasteiger partial charge in [-0.2, -0.15) is 0 Å². The summed E-state index contributed by atoms with van der Waals surface area (Å²) < 4.78 is 54.0. The van der Waals surface area contributed by atoms with Crippen LogP contribution >= 0.6 is 0 Å². The Morgan fingerprint density at radius 1 is 0.839 bits per heavy atom. The van der Waals surface area contributed by atoms with Gasteiger partial charge in [0.15, 0.2) is 11.5 Å². The van der Waals surface area contributed by atoms with Crippen molar-refractivity contribution in [3.05, 3.63) is 41.0 Å². The van der Waals surface area contributed by atoms with E-state index >= 15 is 0 Å². The topological polar surface area (TPSA) is 126 Å². The number of rotatable bonds is 8. The van der Waals surface area contributed by atoms with Gasteiger partial charge in [0.05, 0.1) is 51.6 Å². The highest BCUT2D eigenvalue weighted by Gasteiger charge is 2.29. The molecule has 0 aliphatic carbocycles. The van der Waals surface area contributed by atoms with Crippen LogP contribution in [0.15, 0.2) is 29.2 Å². The first-order valence-corrected chi connectivity index (χ1v) is 10.3. The number of aryl methyl sites for hydroxylation is 1. The predicted molar refractivity (Wildman–Crippen MR) is 111 cm³/mol. The maximum Gasteiger partial charge on any atom is 0.340 e. The first-order valence-electron chi connectivity index (χ1n) is 8.78. The number of hydrogen-bond acceptors (Lipinski definition) is 9. The molecule has 31 heavy (non-hydrogen) atoms. The average molecular weight is 453 g/mol. The molecule has 10 nitrogen and oxygen atoms in total. The van der Waals surface area contributed by atoms with Gasteiger partial charge in [0, 0.05) is 6.07 Å². The van der Waals surface area contributed by atoms with Crippen molar-refractivity contribution in [1.82, 2.24) is 0 Å². The summed E-state index contributed by atoms with van der Waals surface area (Å²) in [5.74, 6) is -1.43. The fraction of sp³-hybridized carbons (Fsp3) is 0.300. The van der Waals surface area contributed by atoms with Crippen molar-refractivity contribution in [3.63, 3.8) is 0 Å². The summed E-state index contributed by atoms with van der Waals surface area (Å²) in [5, 5.41) is 0. The SMILES string of the molecule is COC(=O)c1ccc(C)c(S(=O)(=O)Nc2c(C(=O)OC)cc(OC)c(OC)c2OC)c1. The Hall–Kier alpha value is -3.47. The number of sulfonamides is 1. The molecular weight excluding hydrogens is 430 g/mol. The summed E-state index contributed by atoms with van der Waals surface area (Å²) >= 11 is 0. The van der Waals surface area contributed by atoms with Crippen molar-refractivity contribution >= 4 is 27.6 Å². The predicted octanol–water partition coefficient (Wildman–Crippen LogP) is 2.39. The van der Waals surface area contributed by atoms with E-state index in [4.69, 9.17) is 18.9 Å². The molecule has 0 spiro atoms. The molecule has 0 heterocycles. The number of anilines is 1. The van der Waals surface area contributed by atoms with Crippen molar-refractivity contribution < 1.29 is 41.7 Å². The Morgan fingerprint density at radius 2 is 1.45 bits per heavy atom. The monoisotopic (exact) mass is 453 g/mol. The molecule has 0 aliphatic rings. The van der Waals surface area contributed by atoms with Crippen molar-refractivity contribution in [2.24, 2.45) is 0 Å². The van der Waals surface area contributed by atoms with Crippen LogP contribution in [0.3, 0.4) is 0 Å². The standard InChI is InChI=1S/C20H23NO9S/c1-11-7-8-12(19(22)29-5)9-15(11)31(24,25)21-16-13(20(23)30-6)10-14(26-2)17(27-3)18(16)28-4/h7-10,21H,1-6H3. The summed E-state index contributed by atoms with van der Waals surface area (Å²) in [6, 6.07) is 5.35. The van der Waals surface area contributed by atoms with E-state index < -0.39 is 22.0 Å². The van der Waals surface area contributed by atoms with Crippen molar-refractivity contribution in [2.45, 2.75) is 11.8 Å². The van der Waals surface area contributed by atoms with Crippen LogP contribution in [-0.4, -0.2) is 55.9 Å². The van der Waals surface area contributed by atoms with Crippen LogP contribution in [0, 0.1) is 6.92 Å². The fourth-order valence-electron chi connectivity index (χ4n) is 2.85. The second-order valence-electron chi connectivity index (χ2n) is 6.14. The zero-order chi connectivity index (χ0) is 23.3. The number of methoxy groups -OCH3 is 5. The Bertz CT molecular complexity index is 1110. The molecule has 168 valence electrons. The second-order valence-corrected chi connectivity index (χ2v) is 7.79. The van der Waals surface area contributed by atoms with Gasteiger partial charge in [-0.05, 0) is 24.6 Å². The number of hydrogen-bond donors (Lipinski definition) is 1. The number of esters is 2. The highest BCUT2D eigenvalue weighted by molar-refractivity contribution is 7.92. The maximum atomic E-state index is 13.2. The number of ether oxygens (including phenoxy) is 5. The van der Waals surface area contributed by atoms with Crippen molar-refractivity contribution in [1.29, 1.82) is 0 Å². The van der Waals surface area contributed by atoms with Crippen LogP contribution in [0.2, 0.25) is 0 Å². The third-order valence-electron chi connectivity index (χ3n) is 4.37. The first kappa shape index (κ1) is 23.8. The zero-order valence-electron chi connectivity index (χ0n) is 17.9. The van der Waals surface area contributed by atoms with Gasteiger partial charge in [-0.3, -0.25) is 4.72 Å². The van der Waals surface area contributed by atoms with Crippen molar-refractivity contribution in [2.75, 3.05) is 40.3 Å². The molecule has 0 amide bonds. The molecule has 11 heteroatoms. The molecule has 0 bridgehead atoms. The van der Waals surface area contributed by atoms with Gasteiger partial charge in [-0.25, -0.2) is 18.0 Å². The molecule has 0 saturated heterocycles. The molecule has 0 radical (unpaired) electrons. The Labute approximate surface area is 180 Å². The van der Waals surface area contributed by atoms with E-state index in [1.807, 2.05) is 0 Å².